The van der Waals surface area contributed by atoms with Crippen LogP contribution in [0.2, 0.25) is 0 Å². The lowest BCUT2D eigenvalue weighted by Crippen LogP contribution is -2.36. The van der Waals surface area contributed by atoms with Gasteiger partial charge in [-0.25, -0.2) is 4.98 Å². The normalized spacial score (nSPS) is 12.6. The molecule has 0 aromatic carbocycles. The van der Waals surface area contributed by atoms with E-state index in [2.05, 4.69) is 29.2 Å². The first-order valence-corrected chi connectivity index (χ1v) is 8.53. The number of hydrogen-bond acceptors (Lipinski definition) is 5. The highest BCUT2D eigenvalue weighted by Gasteiger charge is 2.18. The van der Waals surface area contributed by atoms with Gasteiger partial charge in [0.1, 0.15) is 9.88 Å². The molecule has 0 aliphatic carbocycles. The van der Waals surface area contributed by atoms with Crippen LogP contribution < -0.4 is 5.32 Å². The molecule has 2 aromatic heterocycles. The summed E-state index contributed by atoms with van der Waals surface area (Å²) in [5.74, 6) is 0.388. The third kappa shape index (κ3) is 4.87. The Balaban J connectivity index is 1.98. The lowest BCUT2D eigenvalue weighted by atomic mass is 10.2. The van der Waals surface area contributed by atoms with Crippen LogP contribution in [0.3, 0.4) is 0 Å². The summed E-state index contributed by atoms with van der Waals surface area (Å²) >= 11 is 1.39. The Morgan fingerprint density at radius 1 is 1.39 bits per heavy atom. The number of thiazole rings is 1. The average molecular weight is 336 g/mol. The van der Waals surface area contributed by atoms with Crippen molar-refractivity contribution in [2.75, 3.05) is 13.2 Å². The first kappa shape index (κ1) is 17.6. The topological polar surface area (TPSA) is 69.0 Å². The minimum atomic E-state index is -0.101. The third-order valence-corrected chi connectivity index (χ3v) is 4.36. The van der Waals surface area contributed by atoms with Crippen molar-refractivity contribution in [1.29, 1.82) is 0 Å². The van der Waals surface area contributed by atoms with Gasteiger partial charge in [0.2, 0.25) is 0 Å². The van der Waals surface area contributed by atoms with E-state index in [4.69, 9.17) is 4.74 Å². The molecule has 0 saturated heterocycles. The van der Waals surface area contributed by atoms with Crippen LogP contribution in [-0.2, 0) is 11.8 Å². The van der Waals surface area contributed by atoms with Crippen LogP contribution in [-0.4, -0.2) is 39.9 Å². The molecular formula is C16H24N4O2S. The number of rotatable bonds is 7. The Labute approximate surface area is 140 Å². The smallest absolute Gasteiger partial charge is 0.263 e. The SMILES string of the molecule is Cc1nc(-c2cnn(C)c2)sc1C(=O)N[C@@H](C)COCC(C)C. The minimum absolute atomic E-state index is 0.0374. The summed E-state index contributed by atoms with van der Waals surface area (Å²) in [6.07, 6.45) is 3.64. The fraction of sp³-hybridized carbons (Fsp3) is 0.562. The molecule has 7 heteroatoms. The van der Waals surface area contributed by atoms with Gasteiger partial charge in [-0.3, -0.25) is 9.48 Å². The molecule has 0 bridgehead atoms. The predicted octanol–water partition coefficient (Wildman–Crippen LogP) is 2.64. The molecule has 0 radical (unpaired) electrons. The lowest BCUT2D eigenvalue weighted by Gasteiger charge is -2.14. The molecule has 1 atom stereocenters. The summed E-state index contributed by atoms with van der Waals surface area (Å²) in [5, 5.41) is 7.92. The van der Waals surface area contributed by atoms with Gasteiger partial charge < -0.3 is 10.1 Å². The zero-order chi connectivity index (χ0) is 17.0. The highest BCUT2D eigenvalue weighted by atomic mass is 32.1. The molecule has 0 fully saturated rings. The number of nitrogens with one attached hydrogen (secondary N) is 1. The van der Waals surface area contributed by atoms with Gasteiger partial charge >= 0.3 is 0 Å². The fourth-order valence-corrected chi connectivity index (χ4v) is 3.02. The standard InChI is InChI=1S/C16H24N4O2S/c1-10(2)8-22-9-11(3)18-15(21)14-12(4)19-16(23-14)13-6-17-20(5)7-13/h6-7,10-11H,8-9H2,1-5H3,(H,18,21)/t11-/m0/s1. The molecule has 0 saturated carbocycles. The van der Waals surface area contributed by atoms with Crippen molar-refractivity contribution < 1.29 is 9.53 Å². The second kappa shape index (κ2) is 7.70. The van der Waals surface area contributed by atoms with E-state index < -0.39 is 0 Å². The van der Waals surface area contributed by atoms with E-state index in [0.29, 0.717) is 24.0 Å². The van der Waals surface area contributed by atoms with Crippen molar-refractivity contribution in [3.8, 4) is 10.6 Å². The van der Waals surface area contributed by atoms with E-state index in [0.717, 1.165) is 16.3 Å². The summed E-state index contributed by atoms with van der Waals surface area (Å²) < 4.78 is 7.29. The van der Waals surface area contributed by atoms with Crippen LogP contribution in [0.4, 0.5) is 0 Å². The number of hydrogen-bond donors (Lipinski definition) is 1. The van der Waals surface area contributed by atoms with Crippen molar-refractivity contribution in [2.45, 2.75) is 33.7 Å². The maximum Gasteiger partial charge on any atom is 0.263 e. The Morgan fingerprint density at radius 3 is 2.74 bits per heavy atom. The van der Waals surface area contributed by atoms with Gasteiger partial charge in [-0.15, -0.1) is 11.3 Å². The van der Waals surface area contributed by atoms with Gasteiger partial charge in [-0.1, -0.05) is 13.8 Å². The molecule has 2 aromatic rings. The highest BCUT2D eigenvalue weighted by molar-refractivity contribution is 7.17. The van der Waals surface area contributed by atoms with Crippen molar-refractivity contribution in [3.05, 3.63) is 23.0 Å². The van der Waals surface area contributed by atoms with Gasteiger partial charge in [0.25, 0.3) is 5.91 Å². The zero-order valence-electron chi connectivity index (χ0n) is 14.3. The molecule has 0 aliphatic heterocycles. The average Bonchev–Trinajstić information content (AvgIpc) is 3.04. The molecule has 0 spiro atoms. The largest absolute Gasteiger partial charge is 0.379 e. The highest BCUT2D eigenvalue weighted by Crippen LogP contribution is 2.27. The molecule has 2 rings (SSSR count). The van der Waals surface area contributed by atoms with Crippen LogP contribution in [0.25, 0.3) is 10.6 Å². The van der Waals surface area contributed by atoms with E-state index >= 15 is 0 Å². The molecule has 1 amide bonds. The molecule has 23 heavy (non-hydrogen) atoms. The number of carbonyl (C=O) groups is 1. The van der Waals surface area contributed by atoms with Crippen LogP contribution in [0.1, 0.15) is 36.1 Å². The number of ether oxygens (including phenoxy) is 1. The van der Waals surface area contributed by atoms with Crippen LogP contribution in [0.15, 0.2) is 12.4 Å². The maximum absolute atomic E-state index is 12.4. The fourth-order valence-electron chi connectivity index (χ4n) is 2.07. The molecule has 0 aliphatic rings. The molecule has 1 N–H and O–H groups in total. The van der Waals surface area contributed by atoms with Crippen molar-refractivity contribution in [1.82, 2.24) is 20.1 Å². The maximum atomic E-state index is 12.4. The van der Waals surface area contributed by atoms with E-state index in [-0.39, 0.29) is 11.9 Å². The first-order valence-electron chi connectivity index (χ1n) is 7.72. The van der Waals surface area contributed by atoms with Gasteiger partial charge in [0.05, 0.1) is 18.5 Å². The Bertz CT molecular complexity index is 663. The molecule has 6 nitrogen and oxygen atoms in total. The summed E-state index contributed by atoms with van der Waals surface area (Å²) in [6.45, 7) is 9.21. The number of amides is 1. The van der Waals surface area contributed by atoms with Crippen molar-refractivity contribution in [3.63, 3.8) is 0 Å². The van der Waals surface area contributed by atoms with Crippen molar-refractivity contribution >= 4 is 17.2 Å². The lowest BCUT2D eigenvalue weighted by molar-refractivity contribution is 0.0794. The minimum Gasteiger partial charge on any atom is -0.379 e. The predicted molar refractivity (Wildman–Crippen MR) is 91.6 cm³/mol. The van der Waals surface area contributed by atoms with Gasteiger partial charge in [0, 0.05) is 31.5 Å². The summed E-state index contributed by atoms with van der Waals surface area (Å²) in [4.78, 5) is 17.5. The Kier molecular flexibility index (Phi) is 5.90. The quantitative estimate of drug-likeness (QED) is 0.844. The van der Waals surface area contributed by atoms with E-state index in [9.17, 15) is 4.79 Å². The van der Waals surface area contributed by atoms with Crippen LogP contribution in [0, 0.1) is 12.8 Å². The monoisotopic (exact) mass is 336 g/mol. The number of aromatic nitrogens is 3. The van der Waals surface area contributed by atoms with E-state index in [1.807, 2.05) is 27.1 Å². The van der Waals surface area contributed by atoms with E-state index in [1.54, 1.807) is 10.9 Å². The van der Waals surface area contributed by atoms with Gasteiger partial charge in [-0.05, 0) is 19.8 Å². The Hall–Kier alpha value is -1.73. The first-order chi connectivity index (χ1) is 10.9. The second-order valence-electron chi connectivity index (χ2n) is 6.14. The third-order valence-electron chi connectivity index (χ3n) is 3.15. The van der Waals surface area contributed by atoms with Gasteiger partial charge in [-0.2, -0.15) is 5.10 Å². The summed E-state index contributed by atoms with van der Waals surface area (Å²) in [7, 11) is 1.86. The van der Waals surface area contributed by atoms with Crippen molar-refractivity contribution in [2.24, 2.45) is 13.0 Å². The van der Waals surface area contributed by atoms with Crippen LogP contribution in [0.5, 0.6) is 0 Å². The second-order valence-corrected chi connectivity index (χ2v) is 7.14. The molecule has 126 valence electrons. The summed E-state index contributed by atoms with van der Waals surface area (Å²) in [6, 6.07) is -0.0374. The summed E-state index contributed by atoms with van der Waals surface area (Å²) in [5.41, 5.74) is 1.66. The van der Waals surface area contributed by atoms with E-state index in [1.165, 1.54) is 11.3 Å². The van der Waals surface area contributed by atoms with Crippen LogP contribution >= 0.6 is 11.3 Å². The van der Waals surface area contributed by atoms with Gasteiger partial charge in [0.15, 0.2) is 0 Å². The number of aryl methyl sites for hydroxylation is 2. The number of carbonyl (C=O) groups excluding carboxylic acids is 1. The number of nitrogens with zero attached hydrogens (tertiary/aromatic N) is 3. The molecular weight excluding hydrogens is 312 g/mol. The zero-order valence-corrected chi connectivity index (χ0v) is 15.1. The Morgan fingerprint density at radius 2 is 2.13 bits per heavy atom. The molecule has 2 heterocycles. The molecule has 0 unspecified atom stereocenters.